The van der Waals surface area contributed by atoms with Crippen LogP contribution in [0, 0.1) is 11.3 Å². The number of rotatable bonds is 4. The van der Waals surface area contributed by atoms with Crippen molar-refractivity contribution in [3.8, 4) is 6.07 Å². The van der Waals surface area contributed by atoms with E-state index in [1.165, 1.54) is 0 Å². The average Bonchev–Trinajstić information content (AvgIpc) is 2.41. The maximum atomic E-state index is 8.99. The predicted octanol–water partition coefficient (Wildman–Crippen LogP) is 1.22. The molecule has 18 heavy (non-hydrogen) atoms. The molecule has 1 aliphatic heterocycles. The minimum atomic E-state index is 0.718. The lowest BCUT2D eigenvalue weighted by molar-refractivity contribution is 0.158. The van der Waals surface area contributed by atoms with Crippen LogP contribution >= 0.6 is 0 Å². The zero-order valence-corrected chi connectivity index (χ0v) is 10.9. The summed E-state index contributed by atoms with van der Waals surface area (Å²) in [4.78, 5) is 4.82. The van der Waals surface area contributed by atoms with Crippen LogP contribution in [-0.2, 0) is 0 Å². The quantitative estimate of drug-likeness (QED) is 0.864. The van der Waals surface area contributed by atoms with Crippen LogP contribution in [0.4, 0.5) is 5.69 Å². The van der Waals surface area contributed by atoms with Crippen molar-refractivity contribution >= 4 is 5.69 Å². The summed E-state index contributed by atoms with van der Waals surface area (Å²) in [5.74, 6) is 0. The fraction of sp³-hybridized carbons (Fsp3) is 0.500. The minimum Gasteiger partial charge on any atom is -0.383 e. The van der Waals surface area contributed by atoms with Gasteiger partial charge in [0.15, 0.2) is 0 Å². The molecule has 1 aliphatic rings. The van der Waals surface area contributed by atoms with Crippen LogP contribution in [0.1, 0.15) is 5.56 Å². The molecule has 0 aromatic heterocycles. The molecule has 96 valence electrons. The second kappa shape index (κ2) is 6.39. The second-order valence-corrected chi connectivity index (χ2v) is 4.73. The standard InChI is InChI=1S/C14H20N4/c1-17-8-10-18(11-9-17)7-6-16-14-5-3-2-4-13(14)12-15/h2-5,16H,6-11H2,1H3. The van der Waals surface area contributed by atoms with Gasteiger partial charge in [-0.05, 0) is 19.2 Å². The van der Waals surface area contributed by atoms with Crippen molar-refractivity contribution in [3.05, 3.63) is 29.8 Å². The van der Waals surface area contributed by atoms with E-state index in [9.17, 15) is 0 Å². The molecule has 1 fully saturated rings. The number of nitrogens with one attached hydrogen (secondary N) is 1. The molecule has 0 unspecified atom stereocenters. The van der Waals surface area contributed by atoms with Crippen LogP contribution in [0.5, 0.6) is 0 Å². The highest BCUT2D eigenvalue weighted by Crippen LogP contribution is 2.12. The first kappa shape index (κ1) is 12.9. The fourth-order valence-electron chi connectivity index (χ4n) is 2.15. The molecule has 1 saturated heterocycles. The Morgan fingerprint density at radius 3 is 2.67 bits per heavy atom. The molecule has 0 bridgehead atoms. The first-order chi connectivity index (χ1) is 8.79. The molecule has 4 nitrogen and oxygen atoms in total. The third kappa shape index (κ3) is 3.46. The van der Waals surface area contributed by atoms with Gasteiger partial charge in [0.1, 0.15) is 6.07 Å². The number of para-hydroxylation sites is 1. The molecule has 0 atom stereocenters. The van der Waals surface area contributed by atoms with Crippen molar-refractivity contribution in [2.24, 2.45) is 0 Å². The van der Waals surface area contributed by atoms with E-state index in [-0.39, 0.29) is 0 Å². The molecule has 1 N–H and O–H groups in total. The molecule has 1 aromatic rings. The lowest BCUT2D eigenvalue weighted by Crippen LogP contribution is -2.45. The Morgan fingerprint density at radius 2 is 1.94 bits per heavy atom. The first-order valence-electron chi connectivity index (χ1n) is 6.43. The molecule has 2 rings (SSSR count). The Labute approximate surface area is 109 Å². The predicted molar refractivity (Wildman–Crippen MR) is 73.6 cm³/mol. The van der Waals surface area contributed by atoms with E-state index in [1.54, 1.807) is 0 Å². The van der Waals surface area contributed by atoms with Crippen LogP contribution in [0.3, 0.4) is 0 Å². The molecule has 0 aliphatic carbocycles. The van der Waals surface area contributed by atoms with E-state index in [2.05, 4.69) is 28.2 Å². The van der Waals surface area contributed by atoms with Crippen LogP contribution in [0.2, 0.25) is 0 Å². The highest BCUT2D eigenvalue weighted by atomic mass is 15.2. The maximum Gasteiger partial charge on any atom is 0.101 e. The number of anilines is 1. The molecular weight excluding hydrogens is 224 g/mol. The van der Waals surface area contributed by atoms with Crippen LogP contribution in [0.15, 0.2) is 24.3 Å². The molecular formula is C14H20N4. The van der Waals surface area contributed by atoms with Gasteiger partial charge in [-0.1, -0.05) is 12.1 Å². The van der Waals surface area contributed by atoms with Gasteiger partial charge in [0.05, 0.1) is 11.3 Å². The molecule has 0 radical (unpaired) electrons. The highest BCUT2D eigenvalue weighted by molar-refractivity contribution is 5.57. The Morgan fingerprint density at radius 1 is 1.22 bits per heavy atom. The maximum absolute atomic E-state index is 8.99. The summed E-state index contributed by atoms with van der Waals surface area (Å²) in [7, 11) is 2.17. The molecule has 1 aromatic carbocycles. The van der Waals surface area contributed by atoms with Crippen molar-refractivity contribution < 1.29 is 0 Å². The van der Waals surface area contributed by atoms with Crippen molar-refractivity contribution in [2.75, 3.05) is 51.6 Å². The Hall–Kier alpha value is -1.57. The third-order valence-corrected chi connectivity index (χ3v) is 3.39. The number of hydrogen-bond acceptors (Lipinski definition) is 4. The molecule has 4 heteroatoms. The Balaban J connectivity index is 1.77. The summed E-state index contributed by atoms with van der Waals surface area (Å²) in [5.41, 5.74) is 1.66. The smallest absolute Gasteiger partial charge is 0.101 e. The largest absolute Gasteiger partial charge is 0.383 e. The summed E-state index contributed by atoms with van der Waals surface area (Å²) in [6.07, 6.45) is 0. The van der Waals surface area contributed by atoms with Crippen molar-refractivity contribution in [2.45, 2.75) is 0 Å². The summed E-state index contributed by atoms with van der Waals surface area (Å²) >= 11 is 0. The van der Waals surface area contributed by atoms with E-state index in [4.69, 9.17) is 5.26 Å². The summed E-state index contributed by atoms with van der Waals surface area (Å²) in [6, 6.07) is 9.86. The van der Waals surface area contributed by atoms with Crippen molar-refractivity contribution in [1.82, 2.24) is 9.80 Å². The summed E-state index contributed by atoms with van der Waals surface area (Å²) in [6.45, 7) is 6.50. The molecule has 1 heterocycles. The Kier molecular flexibility index (Phi) is 4.57. The number of benzene rings is 1. The summed E-state index contributed by atoms with van der Waals surface area (Å²) in [5, 5.41) is 12.3. The van der Waals surface area contributed by atoms with Gasteiger partial charge in [-0.15, -0.1) is 0 Å². The number of nitriles is 1. The zero-order chi connectivity index (χ0) is 12.8. The fourth-order valence-corrected chi connectivity index (χ4v) is 2.15. The molecule has 0 amide bonds. The van der Waals surface area contributed by atoms with E-state index >= 15 is 0 Å². The number of likely N-dealkylation sites (N-methyl/N-ethyl adjacent to an activating group) is 1. The van der Waals surface area contributed by atoms with Crippen LogP contribution in [0.25, 0.3) is 0 Å². The van der Waals surface area contributed by atoms with Gasteiger partial charge in [0, 0.05) is 39.3 Å². The zero-order valence-electron chi connectivity index (χ0n) is 10.9. The summed E-state index contributed by atoms with van der Waals surface area (Å²) < 4.78 is 0. The van der Waals surface area contributed by atoms with E-state index in [0.29, 0.717) is 0 Å². The van der Waals surface area contributed by atoms with Gasteiger partial charge < -0.3 is 10.2 Å². The topological polar surface area (TPSA) is 42.3 Å². The second-order valence-electron chi connectivity index (χ2n) is 4.73. The molecule has 0 spiro atoms. The number of hydrogen-bond donors (Lipinski definition) is 1. The van der Waals surface area contributed by atoms with Gasteiger partial charge in [-0.25, -0.2) is 0 Å². The van der Waals surface area contributed by atoms with Gasteiger partial charge in [-0.3, -0.25) is 4.90 Å². The van der Waals surface area contributed by atoms with Crippen LogP contribution in [-0.4, -0.2) is 56.1 Å². The van der Waals surface area contributed by atoms with Gasteiger partial charge in [0.2, 0.25) is 0 Å². The average molecular weight is 244 g/mol. The first-order valence-corrected chi connectivity index (χ1v) is 6.43. The minimum absolute atomic E-state index is 0.718. The lowest BCUT2D eigenvalue weighted by atomic mass is 10.2. The van der Waals surface area contributed by atoms with Crippen LogP contribution < -0.4 is 5.32 Å². The highest BCUT2D eigenvalue weighted by Gasteiger charge is 2.12. The van der Waals surface area contributed by atoms with Gasteiger partial charge >= 0.3 is 0 Å². The van der Waals surface area contributed by atoms with Gasteiger partial charge in [0.25, 0.3) is 0 Å². The van der Waals surface area contributed by atoms with Gasteiger partial charge in [-0.2, -0.15) is 5.26 Å². The lowest BCUT2D eigenvalue weighted by Gasteiger charge is -2.32. The number of piperazine rings is 1. The normalized spacial score (nSPS) is 17.3. The van der Waals surface area contributed by atoms with Crippen molar-refractivity contribution in [1.29, 1.82) is 5.26 Å². The monoisotopic (exact) mass is 244 g/mol. The van der Waals surface area contributed by atoms with E-state index < -0.39 is 0 Å². The third-order valence-electron chi connectivity index (χ3n) is 3.39. The number of nitrogens with zero attached hydrogens (tertiary/aromatic N) is 3. The molecule has 0 saturated carbocycles. The van der Waals surface area contributed by atoms with Crippen molar-refractivity contribution in [3.63, 3.8) is 0 Å². The SMILES string of the molecule is CN1CCN(CCNc2ccccc2C#N)CC1. The van der Waals surface area contributed by atoms with E-state index in [0.717, 1.165) is 50.5 Å². The van der Waals surface area contributed by atoms with E-state index in [1.807, 2.05) is 24.3 Å². The Bertz CT molecular complexity index is 416.